The van der Waals surface area contributed by atoms with Crippen LogP contribution in [0.25, 0.3) is 10.9 Å². The van der Waals surface area contributed by atoms with Crippen molar-refractivity contribution in [2.75, 3.05) is 13.1 Å². The molecule has 2 fully saturated rings. The van der Waals surface area contributed by atoms with Crippen LogP contribution in [-0.4, -0.2) is 39.3 Å². The monoisotopic (exact) mass is 676 g/mol. The van der Waals surface area contributed by atoms with E-state index in [2.05, 4.69) is 58.9 Å². The van der Waals surface area contributed by atoms with E-state index in [1.165, 1.54) is 51.7 Å². The second kappa shape index (κ2) is 10.5. The first kappa shape index (κ1) is 29.4. The van der Waals surface area contributed by atoms with Crippen LogP contribution in [0.1, 0.15) is 64.4 Å². The lowest BCUT2D eigenvalue weighted by atomic mass is 9.48. The van der Waals surface area contributed by atoms with E-state index in [1.54, 1.807) is 0 Å². The zero-order valence-corrected chi connectivity index (χ0v) is 28.5. The number of para-hydroxylation sites is 1. The summed E-state index contributed by atoms with van der Waals surface area (Å²) in [4.78, 5) is 2.76. The van der Waals surface area contributed by atoms with E-state index in [1.807, 2.05) is 36.4 Å². The average molecular weight is 678 g/mol. The fraction of sp³-hybridized carbons (Fsp3) is 0.366. The van der Waals surface area contributed by atoms with Crippen LogP contribution in [0.5, 0.6) is 11.5 Å². The molecule has 1 saturated carbocycles. The number of phenolic OH excluding ortho intramolecular Hbond substituents is 1. The van der Waals surface area contributed by atoms with Crippen molar-refractivity contribution in [1.82, 2.24) is 9.47 Å². The number of benzene rings is 4. The van der Waals surface area contributed by atoms with E-state index >= 15 is 0 Å². The highest BCUT2D eigenvalue weighted by Gasteiger charge is 2.74. The van der Waals surface area contributed by atoms with Crippen LogP contribution >= 0.6 is 23.2 Å². The maximum absolute atomic E-state index is 11.5. The highest BCUT2D eigenvalue weighted by Crippen LogP contribution is 2.70. The Balaban J connectivity index is 1.24. The standard InChI is InChI=1S/C41H38Cl2N2O3/c1-24-5-2-10-31-32-20-41(47-23-27-7-4-9-30(43)18-27)34-19-28-13-14-33(46)38-35(28)40(41,15-16-44(34)21-25-11-12-25)39(48-38)37(32)45(36(24)31)22-26-6-3-8-29(42)17-26/h2-10,13-14,17-18,25,34,39,46H,11-12,15-16,19-23H2,1H3/t34-,39-,40-,41+/m0/s1. The number of piperidine rings is 1. The maximum atomic E-state index is 11.5. The molecule has 2 bridgehead atoms. The zero-order valence-electron chi connectivity index (χ0n) is 27.0. The van der Waals surface area contributed by atoms with Gasteiger partial charge in [0.05, 0.1) is 23.2 Å². The number of fused-ring (bicyclic) bond motifs is 4. The number of ether oxygens (including phenoxy) is 2. The largest absolute Gasteiger partial charge is 0.504 e. The van der Waals surface area contributed by atoms with Gasteiger partial charge in [0.1, 0.15) is 5.60 Å². The van der Waals surface area contributed by atoms with Crippen molar-refractivity contribution in [2.24, 2.45) is 5.92 Å². The molecule has 7 heteroatoms. The minimum atomic E-state index is -0.578. The highest BCUT2D eigenvalue weighted by atomic mass is 35.5. The molecular weight excluding hydrogens is 639 g/mol. The molecule has 1 aromatic heterocycles. The first-order valence-corrected chi connectivity index (χ1v) is 18.1. The van der Waals surface area contributed by atoms with Gasteiger partial charge in [-0.15, -0.1) is 0 Å². The van der Waals surface area contributed by atoms with Gasteiger partial charge in [-0.2, -0.15) is 0 Å². The molecule has 3 aliphatic carbocycles. The Morgan fingerprint density at radius 2 is 1.73 bits per heavy atom. The van der Waals surface area contributed by atoms with Gasteiger partial charge in [0.25, 0.3) is 0 Å². The lowest BCUT2D eigenvalue weighted by Gasteiger charge is -2.64. The van der Waals surface area contributed by atoms with Crippen LogP contribution in [0.4, 0.5) is 0 Å². The predicted octanol–water partition coefficient (Wildman–Crippen LogP) is 8.93. The number of aryl methyl sites for hydroxylation is 1. The van der Waals surface area contributed by atoms with E-state index in [0.717, 1.165) is 59.4 Å². The quantitative estimate of drug-likeness (QED) is 0.187. The average Bonchev–Trinajstić information content (AvgIpc) is 3.74. The van der Waals surface area contributed by atoms with Crippen molar-refractivity contribution in [2.45, 2.75) is 75.3 Å². The molecule has 5 nitrogen and oxygen atoms in total. The number of rotatable bonds is 7. The summed E-state index contributed by atoms with van der Waals surface area (Å²) >= 11 is 13.0. The third-order valence-corrected chi connectivity index (χ3v) is 12.7. The molecule has 4 aromatic carbocycles. The number of hydrogen-bond donors (Lipinski definition) is 1. The number of aromatic hydroxyl groups is 1. The Morgan fingerprint density at radius 3 is 2.52 bits per heavy atom. The van der Waals surface area contributed by atoms with Crippen molar-refractivity contribution in [3.05, 3.63) is 128 Å². The summed E-state index contributed by atoms with van der Waals surface area (Å²) in [6.45, 7) is 5.44. The molecule has 48 heavy (non-hydrogen) atoms. The Bertz CT molecular complexity index is 2140. The van der Waals surface area contributed by atoms with Crippen LogP contribution in [0.3, 0.4) is 0 Å². The van der Waals surface area contributed by atoms with Crippen molar-refractivity contribution in [1.29, 1.82) is 0 Å². The lowest BCUT2D eigenvalue weighted by molar-refractivity contribution is -0.211. The third-order valence-electron chi connectivity index (χ3n) is 12.2. The first-order valence-electron chi connectivity index (χ1n) is 17.4. The molecule has 1 spiro atoms. The van der Waals surface area contributed by atoms with Gasteiger partial charge in [0.15, 0.2) is 17.6 Å². The summed E-state index contributed by atoms with van der Waals surface area (Å²) in [6, 6.07) is 27.1. The molecule has 244 valence electrons. The summed E-state index contributed by atoms with van der Waals surface area (Å²) in [5.74, 6) is 1.62. The van der Waals surface area contributed by atoms with E-state index in [9.17, 15) is 5.11 Å². The van der Waals surface area contributed by atoms with Gasteiger partial charge in [0.2, 0.25) is 0 Å². The van der Waals surface area contributed by atoms with Crippen LogP contribution in [0, 0.1) is 12.8 Å². The summed E-state index contributed by atoms with van der Waals surface area (Å²) in [5, 5.41) is 14.2. The van der Waals surface area contributed by atoms with E-state index in [0.29, 0.717) is 18.9 Å². The van der Waals surface area contributed by atoms with Gasteiger partial charge in [-0.3, -0.25) is 4.90 Å². The molecule has 10 rings (SSSR count). The SMILES string of the molecule is Cc1cccc2c3c(n(Cc4cccc(Cl)c4)c12)[C@@H]1Oc2c(O)ccc4c2[C@@]12CCN(CC1CC1)[C@@H](C4)[C@]2(OCc1cccc(Cl)c1)C3. The molecule has 5 aromatic rings. The molecule has 0 amide bonds. The normalized spacial score (nSPS) is 26.7. The molecular formula is C41H38Cl2N2O3. The lowest BCUT2D eigenvalue weighted by Crippen LogP contribution is -2.75. The van der Waals surface area contributed by atoms with Crippen LogP contribution < -0.4 is 4.74 Å². The molecule has 4 atom stereocenters. The Morgan fingerprint density at radius 1 is 0.958 bits per heavy atom. The molecule has 5 aliphatic rings. The van der Waals surface area contributed by atoms with E-state index in [4.69, 9.17) is 32.7 Å². The third kappa shape index (κ3) is 4.05. The molecule has 1 N–H and O–H groups in total. The second-order valence-corrected chi connectivity index (χ2v) is 15.7. The summed E-state index contributed by atoms with van der Waals surface area (Å²) in [7, 11) is 0. The number of hydrogen-bond acceptors (Lipinski definition) is 4. The molecule has 0 radical (unpaired) electrons. The van der Waals surface area contributed by atoms with Crippen LogP contribution in [-0.2, 0) is 36.1 Å². The topological polar surface area (TPSA) is 46.9 Å². The molecule has 0 unspecified atom stereocenters. The van der Waals surface area contributed by atoms with Gasteiger partial charge in [-0.1, -0.05) is 71.7 Å². The maximum Gasteiger partial charge on any atom is 0.166 e. The molecule has 2 aliphatic heterocycles. The van der Waals surface area contributed by atoms with Crippen molar-refractivity contribution in [3.8, 4) is 11.5 Å². The predicted molar refractivity (Wildman–Crippen MR) is 189 cm³/mol. The Labute approximate surface area is 291 Å². The van der Waals surface area contributed by atoms with E-state index in [-0.39, 0.29) is 17.9 Å². The summed E-state index contributed by atoms with van der Waals surface area (Å²) in [6.07, 6.45) is 4.84. The Kier molecular flexibility index (Phi) is 6.45. The Hall–Kier alpha value is -3.48. The van der Waals surface area contributed by atoms with Gasteiger partial charge in [0, 0.05) is 46.5 Å². The van der Waals surface area contributed by atoms with Gasteiger partial charge in [-0.25, -0.2) is 0 Å². The van der Waals surface area contributed by atoms with Crippen molar-refractivity contribution < 1.29 is 14.6 Å². The van der Waals surface area contributed by atoms with Crippen molar-refractivity contribution >= 4 is 34.1 Å². The minimum absolute atomic E-state index is 0.171. The summed E-state index contributed by atoms with van der Waals surface area (Å²) < 4.78 is 17.3. The molecule has 1 saturated heterocycles. The van der Waals surface area contributed by atoms with Crippen molar-refractivity contribution in [3.63, 3.8) is 0 Å². The number of nitrogens with zero attached hydrogens (tertiary/aromatic N) is 2. The number of aromatic nitrogens is 1. The summed E-state index contributed by atoms with van der Waals surface area (Å²) in [5.41, 5.74) is 8.60. The minimum Gasteiger partial charge on any atom is -0.504 e. The smallest absolute Gasteiger partial charge is 0.166 e. The van der Waals surface area contributed by atoms with Crippen LogP contribution in [0.2, 0.25) is 10.0 Å². The van der Waals surface area contributed by atoms with Gasteiger partial charge >= 0.3 is 0 Å². The second-order valence-electron chi connectivity index (χ2n) is 14.9. The fourth-order valence-electron chi connectivity index (χ4n) is 10.2. The molecule has 3 heterocycles. The highest BCUT2D eigenvalue weighted by molar-refractivity contribution is 6.30. The van der Waals surface area contributed by atoms with Gasteiger partial charge < -0.3 is 19.1 Å². The first-order chi connectivity index (χ1) is 23.4. The van der Waals surface area contributed by atoms with Crippen LogP contribution in [0.15, 0.2) is 78.9 Å². The van der Waals surface area contributed by atoms with E-state index < -0.39 is 11.0 Å². The number of phenols is 1. The number of likely N-dealkylation sites (tertiary alicyclic amines) is 1. The number of halogens is 2. The van der Waals surface area contributed by atoms with Gasteiger partial charge in [-0.05, 0) is 103 Å². The fourth-order valence-corrected chi connectivity index (χ4v) is 10.6. The zero-order chi connectivity index (χ0) is 32.4.